The van der Waals surface area contributed by atoms with Gasteiger partial charge in [0.1, 0.15) is 6.04 Å². The van der Waals surface area contributed by atoms with E-state index in [0.717, 1.165) is 0 Å². The smallest absolute Gasteiger partial charge is 0.345 e. The lowest BCUT2D eigenvalue weighted by molar-refractivity contribution is -0.123. The number of nitrogens with two attached hydrogens (primary N) is 1. The highest BCUT2D eigenvalue weighted by Gasteiger charge is 2.48. The van der Waals surface area contributed by atoms with Gasteiger partial charge in [0.05, 0.1) is 25.8 Å². The number of nitrogens with zero attached hydrogens (tertiary/aromatic N) is 2. The molecule has 25 heavy (non-hydrogen) atoms. The molecule has 0 aromatic carbocycles. The third-order valence-corrected chi connectivity index (χ3v) is 9.76. The molecule has 3 amide bonds. The molecule has 2 unspecified atom stereocenters. The van der Waals surface area contributed by atoms with E-state index in [1.165, 1.54) is 5.06 Å². The number of hydrogen-bond acceptors (Lipinski definition) is 4. The van der Waals surface area contributed by atoms with Gasteiger partial charge in [-0.25, -0.2) is 4.79 Å². The van der Waals surface area contributed by atoms with Gasteiger partial charge in [-0.3, -0.25) is 9.63 Å². The van der Waals surface area contributed by atoms with Crippen LogP contribution in [0.4, 0.5) is 4.79 Å². The molecule has 2 heterocycles. The van der Waals surface area contributed by atoms with Crippen LogP contribution in [0.3, 0.4) is 0 Å². The van der Waals surface area contributed by atoms with E-state index in [-0.39, 0.29) is 23.7 Å². The molecule has 2 N–H and O–H groups in total. The van der Waals surface area contributed by atoms with Crippen LogP contribution < -0.4 is 5.73 Å². The average Bonchev–Trinajstić information content (AvgIpc) is 2.76. The first kappa shape index (κ1) is 19.7. The molecule has 7 nitrogen and oxygen atoms in total. The van der Waals surface area contributed by atoms with Crippen LogP contribution in [-0.4, -0.2) is 62.1 Å². The lowest BCUT2D eigenvalue weighted by Crippen LogP contribution is -2.48. The minimum atomic E-state index is -1.97. The van der Waals surface area contributed by atoms with Crippen molar-refractivity contribution in [2.45, 2.75) is 51.0 Å². The summed E-state index contributed by atoms with van der Waals surface area (Å²) in [6.07, 6.45) is 3.30. The summed E-state index contributed by atoms with van der Waals surface area (Å²) in [5.41, 5.74) is 5.93. The third-order valence-electron chi connectivity index (χ3n) is 5.26. The number of fused-ring (bicyclic) bond motifs is 2. The summed E-state index contributed by atoms with van der Waals surface area (Å²) in [5, 5.41) is 1.29. The summed E-state index contributed by atoms with van der Waals surface area (Å²) in [6, 6.07) is -1.07. The maximum absolute atomic E-state index is 12.7. The fraction of sp³-hybridized carbons (Fsp3) is 0.647. The van der Waals surface area contributed by atoms with Crippen molar-refractivity contribution in [2.24, 2.45) is 5.73 Å². The minimum Gasteiger partial charge on any atom is -0.414 e. The summed E-state index contributed by atoms with van der Waals surface area (Å²) >= 11 is 0. The van der Waals surface area contributed by atoms with Crippen LogP contribution in [0.1, 0.15) is 20.8 Å². The number of carbonyl (C=O) groups excluding carboxylic acids is 2. The lowest BCUT2D eigenvalue weighted by Gasteiger charge is -2.38. The standard InChI is InChI=1S/C17H29N3O4Si/c1-7-8-23-20-14-10-19(16(20)22)12(9-13(14)15(18)21)11-24-25(5,6)17(2,3)4/h7,9,12,14H,1,8,10-11H2,2-6H3,(H2,18,21). The van der Waals surface area contributed by atoms with Gasteiger partial charge in [-0.15, -0.1) is 6.58 Å². The lowest BCUT2D eigenvalue weighted by atomic mass is 10.00. The van der Waals surface area contributed by atoms with E-state index in [2.05, 4.69) is 40.4 Å². The van der Waals surface area contributed by atoms with E-state index in [9.17, 15) is 9.59 Å². The van der Waals surface area contributed by atoms with Crippen LogP contribution in [0.2, 0.25) is 18.1 Å². The van der Waals surface area contributed by atoms with Crippen LogP contribution in [0.15, 0.2) is 24.3 Å². The number of urea groups is 1. The highest BCUT2D eigenvalue weighted by atomic mass is 28.4. The molecule has 0 radical (unpaired) electrons. The Labute approximate surface area is 150 Å². The number of primary amides is 1. The fourth-order valence-corrected chi connectivity index (χ4v) is 3.70. The third kappa shape index (κ3) is 3.80. The van der Waals surface area contributed by atoms with Crippen molar-refractivity contribution in [3.63, 3.8) is 0 Å². The molecule has 1 saturated heterocycles. The van der Waals surface area contributed by atoms with Crippen LogP contribution in [-0.2, 0) is 14.1 Å². The van der Waals surface area contributed by atoms with Crippen LogP contribution >= 0.6 is 0 Å². The summed E-state index contributed by atoms with van der Waals surface area (Å²) in [7, 11) is -1.97. The first-order chi connectivity index (χ1) is 11.5. The van der Waals surface area contributed by atoms with E-state index < -0.39 is 20.3 Å². The predicted molar refractivity (Wildman–Crippen MR) is 98.1 cm³/mol. The molecule has 2 bridgehead atoms. The van der Waals surface area contributed by atoms with Crippen molar-refractivity contribution in [1.82, 2.24) is 9.96 Å². The Morgan fingerprint density at radius 3 is 2.64 bits per heavy atom. The highest BCUT2D eigenvalue weighted by Crippen LogP contribution is 2.37. The second kappa shape index (κ2) is 6.93. The molecule has 140 valence electrons. The molecule has 2 aliphatic heterocycles. The normalized spacial score (nSPS) is 23.7. The zero-order valence-corrected chi connectivity index (χ0v) is 16.7. The van der Waals surface area contributed by atoms with E-state index >= 15 is 0 Å². The summed E-state index contributed by atoms with van der Waals surface area (Å²) in [5.74, 6) is -0.538. The summed E-state index contributed by atoms with van der Waals surface area (Å²) < 4.78 is 6.25. The minimum absolute atomic E-state index is 0.0640. The van der Waals surface area contributed by atoms with Gasteiger partial charge in [0.2, 0.25) is 5.91 Å². The number of rotatable bonds is 7. The number of carbonyl (C=O) groups is 2. The monoisotopic (exact) mass is 367 g/mol. The number of hydrogen-bond donors (Lipinski definition) is 1. The molecule has 0 spiro atoms. The van der Waals surface area contributed by atoms with Gasteiger partial charge in [0, 0.05) is 5.57 Å². The van der Waals surface area contributed by atoms with Crippen LogP contribution in [0, 0.1) is 0 Å². The zero-order chi connectivity index (χ0) is 19.0. The Balaban J connectivity index is 2.20. The predicted octanol–water partition coefficient (Wildman–Crippen LogP) is 2.03. The van der Waals surface area contributed by atoms with Crippen molar-refractivity contribution in [3.05, 3.63) is 24.3 Å². The van der Waals surface area contributed by atoms with E-state index in [4.69, 9.17) is 15.0 Å². The summed E-state index contributed by atoms with van der Waals surface area (Å²) in [4.78, 5) is 31.6. The Hall–Kier alpha value is -1.64. The first-order valence-electron chi connectivity index (χ1n) is 8.48. The topological polar surface area (TPSA) is 85.1 Å². The van der Waals surface area contributed by atoms with Gasteiger partial charge in [0.15, 0.2) is 8.32 Å². The molecule has 2 aliphatic rings. The van der Waals surface area contributed by atoms with Crippen molar-refractivity contribution in [2.75, 3.05) is 19.8 Å². The van der Waals surface area contributed by atoms with Gasteiger partial charge in [-0.1, -0.05) is 26.8 Å². The Morgan fingerprint density at radius 1 is 1.48 bits per heavy atom. The highest BCUT2D eigenvalue weighted by molar-refractivity contribution is 6.74. The maximum atomic E-state index is 12.7. The van der Waals surface area contributed by atoms with Crippen molar-refractivity contribution < 1.29 is 18.9 Å². The molecule has 0 aliphatic carbocycles. The van der Waals surface area contributed by atoms with E-state index in [1.807, 2.05) is 0 Å². The molecule has 2 atom stereocenters. The van der Waals surface area contributed by atoms with Crippen molar-refractivity contribution in [3.8, 4) is 0 Å². The molecular weight excluding hydrogens is 338 g/mol. The quantitative estimate of drug-likeness (QED) is 0.551. The average molecular weight is 368 g/mol. The molecule has 0 aromatic heterocycles. The second-order valence-corrected chi connectivity index (χ2v) is 12.8. The van der Waals surface area contributed by atoms with Crippen molar-refractivity contribution >= 4 is 20.3 Å². The molecule has 8 heteroatoms. The number of amides is 3. The molecule has 1 fully saturated rings. The van der Waals surface area contributed by atoms with Gasteiger partial charge >= 0.3 is 6.03 Å². The van der Waals surface area contributed by atoms with Gasteiger partial charge < -0.3 is 15.1 Å². The molecular formula is C17H29N3O4Si. The Morgan fingerprint density at radius 2 is 2.12 bits per heavy atom. The SMILES string of the molecule is C=CCON1C(=O)N2CC1C(C(N)=O)=CC2CO[Si](C)(C)C(C)(C)C. The number of hydroxylamine groups is 2. The van der Waals surface area contributed by atoms with E-state index in [1.54, 1.807) is 17.1 Å². The van der Waals surface area contributed by atoms with Crippen molar-refractivity contribution in [1.29, 1.82) is 0 Å². The summed E-state index contributed by atoms with van der Waals surface area (Å²) in [6.45, 7) is 15.3. The van der Waals surface area contributed by atoms with E-state index in [0.29, 0.717) is 18.7 Å². The van der Waals surface area contributed by atoms with Gasteiger partial charge in [-0.2, -0.15) is 5.06 Å². The van der Waals surface area contributed by atoms with Crippen LogP contribution in [0.5, 0.6) is 0 Å². The van der Waals surface area contributed by atoms with Gasteiger partial charge in [-0.05, 0) is 24.2 Å². The maximum Gasteiger partial charge on any atom is 0.345 e. The molecule has 0 aromatic rings. The Bertz CT molecular complexity index is 597. The zero-order valence-electron chi connectivity index (χ0n) is 15.7. The molecule has 0 saturated carbocycles. The Kier molecular flexibility index (Phi) is 5.46. The van der Waals surface area contributed by atoms with Crippen LogP contribution in [0.25, 0.3) is 0 Å². The fourth-order valence-electron chi connectivity index (χ4n) is 2.68. The second-order valence-electron chi connectivity index (χ2n) is 7.99. The largest absolute Gasteiger partial charge is 0.414 e. The first-order valence-corrected chi connectivity index (χ1v) is 11.4. The molecule has 2 rings (SSSR count). The van der Waals surface area contributed by atoms with Gasteiger partial charge in [0.25, 0.3) is 0 Å².